The van der Waals surface area contributed by atoms with E-state index in [9.17, 15) is 0 Å². The van der Waals surface area contributed by atoms with Crippen molar-refractivity contribution >= 4 is 27.5 Å². The average molecular weight is 286 g/mol. The third-order valence-electron chi connectivity index (χ3n) is 2.31. The number of oxime groups is 1. The average Bonchev–Trinajstić information content (AvgIpc) is 2.30. The number of benzene rings is 1. The molecule has 1 unspecified atom stereocenters. The highest BCUT2D eigenvalue weighted by Gasteiger charge is 2.09. The van der Waals surface area contributed by atoms with Crippen molar-refractivity contribution in [2.24, 2.45) is 10.9 Å². The molecule has 1 atom stereocenters. The Kier molecular flexibility index (Phi) is 5.11. The Morgan fingerprint density at radius 1 is 1.56 bits per heavy atom. The maximum absolute atomic E-state index is 8.53. The number of hydrogen-bond donors (Lipinski definition) is 3. The minimum absolute atomic E-state index is 0.162. The van der Waals surface area contributed by atoms with Gasteiger partial charge in [-0.15, -0.1) is 0 Å². The number of nitrogens with one attached hydrogen (secondary N) is 1. The van der Waals surface area contributed by atoms with Gasteiger partial charge in [0.2, 0.25) is 0 Å². The van der Waals surface area contributed by atoms with Crippen molar-refractivity contribution in [2.45, 2.75) is 25.8 Å². The zero-order valence-electron chi connectivity index (χ0n) is 9.15. The van der Waals surface area contributed by atoms with Crippen molar-refractivity contribution in [3.63, 3.8) is 0 Å². The summed E-state index contributed by atoms with van der Waals surface area (Å²) >= 11 is 3.46. The highest BCUT2D eigenvalue weighted by atomic mass is 79.9. The van der Waals surface area contributed by atoms with E-state index >= 15 is 0 Å². The lowest BCUT2D eigenvalue weighted by molar-refractivity contribution is 0.316. The first kappa shape index (κ1) is 12.8. The Labute approximate surface area is 104 Å². The molecule has 0 saturated heterocycles. The van der Waals surface area contributed by atoms with Crippen molar-refractivity contribution < 1.29 is 5.21 Å². The molecule has 16 heavy (non-hydrogen) atoms. The van der Waals surface area contributed by atoms with E-state index in [4.69, 9.17) is 10.9 Å². The molecular weight excluding hydrogens is 270 g/mol. The van der Waals surface area contributed by atoms with Gasteiger partial charge in [0, 0.05) is 22.6 Å². The molecule has 0 saturated carbocycles. The SMILES string of the molecule is CCC(CC(N)=NO)Nc1ccccc1Br. The van der Waals surface area contributed by atoms with E-state index in [1.165, 1.54) is 0 Å². The molecule has 0 aliphatic carbocycles. The summed E-state index contributed by atoms with van der Waals surface area (Å²) in [5.74, 6) is 0.242. The van der Waals surface area contributed by atoms with E-state index in [0.717, 1.165) is 16.6 Å². The summed E-state index contributed by atoms with van der Waals surface area (Å²) in [6.45, 7) is 2.05. The van der Waals surface area contributed by atoms with E-state index in [1.54, 1.807) is 0 Å². The molecule has 0 spiro atoms. The molecule has 0 bridgehead atoms. The van der Waals surface area contributed by atoms with Crippen LogP contribution < -0.4 is 11.1 Å². The Balaban J connectivity index is 2.67. The van der Waals surface area contributed by atoms with Crippen molar-refractivity contribution in [1.82, 2.24) is 0 Å². The van der Waals surface area contributed by atoms with Crippen LogP contribution in [0.4, 0.5) is 5.69 Å². The van der Waals surface area contributed by atoms with Crippen LogP contribution in [0, 0.1) is 0 Å². The summed E-state index contributed by atoms with van der Waals surface area (Å²) in [5.41, 5.74) is 6.50. The molecule has 0 radical (unpaired) electrons. The zero-order valence-corrected chi connectivity index (χ0v) is 10.7. The van der Waals surface area contributed by atoms with Crippen LogP contribution in [0.5, 0.6) is 0 Å². The van der Waals surface area contributed by atoms with Gasteiger partial charge in [-0.05, 0) is 34.5 Å². The van der Waals surface area contributed by atoms with E-state index in [2.05, 4.69) is 33.3 Å². The van der Waals surface area contributed by atoms with Crippen LogP contribution in [0.2, 0.25) is 0 Å². The molecule has 0 aliphatic rings. The Hall–Kier alpha value is -1.23. The van der Waals surface area contributed by atoms with Crippen molar-refractivity contribution in [3.8, 4) is 0 Å². The lowest BCUT2D eigenvalue weighted by atomic mass is 10.1. The van der Waals surface area contributed by atoms with Crippen LogP contribution in [0.25, 0.3) is 0 Å². The minimum Gasteiger partial charge on any atom is -0.409 e. The summed E-state index contributed by atoms with van der Waals surface area (Å²) in [7, 11) is 0. The first-order chi connectivity index (χ1) is 7.67. The van der Waals surface area contributed by atoms with Crippen LogP contribution >= 0.6 is 15.9 Å². The zero-order chi connectivity index (χ0) is 12.0. The molecule has 4 N–H and O–H groups in total. The molecule has 1 aromatic rings. The van der Waals surface area contributed by atoms with E-state index < -0.39 is 0 Å². The summed E-state index contributed by atoms with van der Waals surface area (Å²) in [4.78, 5) is 0. The van der Waals surface area contributed by atoms with Gasteiger partial charge < -0.3 is 16.3 Å². The lowest BCUT2D eigenvalue weighted by Gasteiger charge is -2.18. The van der Waals surface area contributed by atoms with Crippen molar-refractivity contribution in [2.75, 3.05) is 5.32 Å². The molecular formula is C11H16BrN3O. The predicted molar refractivity (Wildman–Crippen MR) is 69.9 cm³/mol. The minimum atomic E-state index is 0.162. The lowest BCUT2D eigenvalue weighted by Crippen LogP contribution is -2.26. The fraction of sp³-hybridized carbons (Fsp3) is 0.364. The van der Waals surface area contributed by atoms with Gasteiger partial charge >= 0.3 is 0 Å². The van der Waals surface area contributed by atoms with Gasteiger partial charge in [-0.1, -0.05) is 24.2 Å². The molecule has 1 rings (SSSR count). The first-order valence-electron chi connectivity index (χ1n) is 5.14. The van der Waals surface area contributed by atoms with Crippen LogP contribution in [-0.2, 0) is 0 Å². The Bertz CT molecular complexity index is 368. The molecule has 0 heterocycles. The highest BCUT2D eigenvalue weighted by molar-refractivity contribution is 9.10. The number of nitrogens with two attached hydrogens (primary N) is 1. The number of para-hydroxylation sites is 1. The fourth-order valence-corrected chi connectivity index (χ4v) is 1.79. The quantitative estimate of drug-likeness (QED) is 0.337. The monoisotopic (exact) mass is 285 g/mol. The van der Waals surface area contributed by atoms with Gasteiger partial charge in [0.25, 0.3) is 0 Å². The third kappa shape index (κ3) is 3.73. The predicted octanol–water partition coefficient (Wildman–Crippen LogP) is 2.78. The second-order valence-corrected chi connectivity index (χ2v) is 4.38. The number of hydrogen-bond acceptors (Lipinski definition) is 3. The number of amidine groups is 1. The molecule has 0 aromatic heterocycles. The Morgan fingerprint density at radius 2 is 2.25 bits per heavy atom. The Morgan fingerprint density at radius 3 is 2.81 bits per heavy atom. The normalized spacial score (nSPS) is 13.5. The summed E-state index contributed by atoms with van der Waals surface area (Å²) < 4.78 is 1.01. The summed E-state index contributed by atoms with van der Waals surface area (Å²) in [5, 5.41) is 14.9. The number of rotatable bonds is 5. The van der Waals surface area contributed by atoms with Crippen LogP contribution in [0.3, 0.4) is 0 Å². The molecule has 0 aliphatic heterocycles. The number of nitrogens with zero attached hydrogens (tertiary/aromatic N) is 1. The largest absolute Gasteiger partial charge is 0.409 e. The maximum atomic E-state index is 8.53. The fourth-order valence-electron chi connectivity index (χ4n) is 1.39. The number of halogens is 1. The molecule has 0 fully saturated rings. The molecule has 1 aromatic carbocycles. The maximum Gasteiger partial charge on any atom is 0.141 e. The van der Waals surface area contributed by atoms with Gasteiger partial charge in [-0.3, -0.25) is 0 Å². The van der Waals surface area contributed by atoms with Crippen molar-refractivity contribution in [1.29, 1.82) is 0 Å². The number of anilines is 1. The molecule has 4 nitrogen and oxygen atoms in total. The summed E-state index contributed by atoms with van der Waals surface area (Å²) in [6.07, 6.45) is 1.42. The first-order valence-corrected chi connectivity index (χ1v) is 5.94. The van der Waals surface area contributed by atoms with Crippen LogP contribution in [0.15, 0.2) is 33.9 Å². The van der Waals surface area contributed by atoms with Crippen LogP contribution in [0.1, 0.15) is 19.8 Å². The highest BCUT2D eigenvalue weighted by Crippen LogP contribution is 2.23. The third-order valence-corrected chi connectivity index (χ3v) is 3.00. The van der Waals surface area contributed by atoms with Crippen molar-refractivity contribution in [3.05, 3.63) is 28.7 Å². The second kappa shape index (κ2) is 6.37. The standard InChI is InChI=1S/C11H16BrN3O/c1-2-8(7-11(13)15-16)14-10-6-4-3-5-9(10)12/h3-6,8,14,16H,2,7H2,1H3,(H2,13,15). The van der Waals surface area contributed by atoms with Gasteiger partial charge in [0.1, 0.15) is 5.84 Å². The van der Waals surface area contributed by atoms with Gasteiger partial charge in [0.15, 0.2) is 0 Å². The molecule has 88 valence electrons. The van der Waals surface area contributed by atoms with Gasteiger partial charge in [-0.25, -0.2) is 0 Å². The van der Waals surface area contributed by atoms with Crippen LogP contribution in [-0.4, -0.2) is 17.1 Å². The second-order valence-electron chi connectivity index (χ2n) is 3.52. The van der Waals surface area contributed by atoms with E-state index in [1.807, 2.05) is 24.3 Å². The van der Waals surface area contributed by atoms with E-state index in [0.29, 0.717) is 6.42 Å². The van der Waals surface area contributed by atoms with Gasteiger partial charge in [-0.2, -0.15) is 0 Å². The topological polar surface area (TPSA) is 70.6 Å². The van der Waals surface area contributed by atoms with E-state index in [-0.39, 0.29) is 11.9 Å². The summed E-state index contributed by atoms with van der Waals surface area (Å²) in [6, 6.07) is 8.04. The smallest absolute Gasteiger partial charge is 0.141 e. The molecule has 0 amide bonds. The van der Waals surface area contributed by atoms with Gasteiger partial charge in [0.05, 0.1) is 0 Å². The molecule has 5 heteroatoms.